The molecule has 0 unspecified atom stereocenters. The summed E-state index contributed by atoms with van der Waals surface area (Å²) in [6.07, 6.45) is 1.46. The Hall–Kier alpha value is -3.96. The van der Waals surface area contributed by atoms with Crippen molar-refractivity contribution in [1.29, 1.82) is 0 Å². The van der Waals surface area contributed by atoms with Crippen LogP contribution in [0.3, 0.4) is 0 Å². The van der Waals surface area contributed by atoms with E-state index in [1.54, 1.807) is 29.0 Å². The van der Waals surface area contributed by atoms with E-state index >= 15 is 0 Å². The number of amides is 2. The normalized spacial score (nSPS) is 19.8. The minimum atomic E-state index is -0.869. The number of piperazine rings is 2. The van der Waals surface area contributed by atoms with Crippen molar-refractivity contribution in [2.45, 2.75) is 77.5 Å². The van der Waals surface area contributed by atoms with E-state index in [9.17, 15) is 19.2 Å². The van der Waals surface area contributed by atoms with Crippen molar-refractivity contribution in [3.8, 4) is 5.75 Å². The number of carbonyl (C=O) groups is 4. The minimum absolute atomic E-state index is 0.100. The first-order valence-corrected chi connectivity index (χ1v) is 15.6. The maximum absolute atomic E-state index is 13.5. The summed E-state index contributed by atoms with van der Waals surface area (Å²) >= 11 is 0. The number of hydrogen-bond donors (Lipinski definition) is 2. The van der Waals surface area contributed by atoms with Gasteiger partial charge in [0.2, 0.25) is 11.8 Å². The van der Waals surface area contributed by atoms with Gasteiger partial charge in [-0.3, -0.25) is 20.2 Å². The molecule has 0 atom stereocenters. The Balaban J connectivity index is 1.54. The van der Waals surface area contributed by atoms with Crippen LogP contribution >= 0.6 is 0 Å². The lowest BCUT2D eigenvalue weighted by Gasteiger charge is -2.47. The van der Waals surface area contributed by atoms with Crippen molar-refractivity contribution < 1.29 is 33.4 Å². The molecule has 0 radical (unpaired) electrons. The Labute approximate surface area is 271 Å². The van der Waals surface area contributed by atoms with Gasteiger partial charge in [-0.25, -0.2) is 9.59 Å². The van der Waals surface area contributed by atoms with E-state index in [0.717, 1.165) is 10.8 Å². The van der Waals surface area contributed by atoms with Crippen molar-refractivity contribution in [1.82, 2.24) is 20.4 Å². The van der Waals surface area contributed by atoms with Gasteiger partial charge in [-0.15, -0.1) is 0 Å². The number of ether oxygens (including phenoxy) is 3. The summed E-state index contributed by atoms with van der Waals surface area (Å²) in [6, 6.07) is 11.0. The molecule has 2 aromatic rings. The summed E-state index contributed by atoms with van der Waals surface area (Å²) in [5.41, 5.74) is -1.90. The summed E-state index contributed by atoms with van der Waals surface area (Å²) < 4.78 is 16.7. The van der Waals surface area contributed by atoms with Crippen LogP contribution in [0.15, 0.2) is 42.0 Å². The average Bonchev–Trinajstić information content (AvgIpc) is 2.95. The molecule has 2 saturated heterocycles. The Morgan fingerprint density at radius 3 is 1.65 bits per heavy atom. The highest BCUT2D eigenvalue weighted by molar-refractivity contribution is 6.18. The molecule has 2 aliphatic heterocycles. The predicted octanol–water partition coefficient (Wildman–Crippen LogP) is 3.30. The molecule has 2 N–H and O–H groups in total. The molecule has 2 amide bonds. The predicted molar refractivity (Wildman–Crippen MR) is 176 cm³/mol. The number of nitrogens with one attached hydrogen (secondary N) is 2. The first-order chi connectivity index (χ1) is 21.4. The summed E-state index contributed by atoms with van der Waals surface area (Å²) in [6.45, 7) is 16.3. The molecule has 2 aromatic carbocycles. The van der Waals surface area contributed by atoms with Gasteiger partial charge in [0, 0.05) is 29.6 Å². The summed E-state index contributed by atoms with van der Waals surface area (Å²) in [4.78, 5) is 56.4. The molecule has 0 saturated carbocycles. The van der Waals surface area contributed by atoms with Crippen LogP contribution in [-0.4, -0.2) is 102 Å². The lowest BCUT2D eigenvalue weighted by atomic mass is 9.90. The van der Waals surface area contributed by atoms with Crippen molar-refractivity contribution in [3.05, 3.63) is 47.5 Å². The van der Waals surface area contributed by atoms with Gasteiger partial charge in [0.05, 0.1) is 31.3 Å². The maximum atomic E-state index is 13.5. The zero-order chi connectivity index (χ0) is 34.1. The van der Waals surface area contributed by atoms with Crippen LogP contribution in [-0.2, 0) is 28.7 Å². The minimum Gasteiger partial charge on any atom is -0.496 e. The number of esters is 2. The second kappa shape index (κ2) is 13.0. The van der Waals surface area contributed by atoms with Gasteiger partial charge in [-0.2, -0.15) is 0 Å². The number of hydrogen-bond acceptors (Lipinski definition) is 9. The fraction of sp³-hybridized carbons (Fsp3) is 0.543. The average molecular weight is 637 g/mol. The zero-order valence-electron chi connectivity index (χ0n) is 28.5. The van der Waals surface area contributed by atoms with Gasteiger partial charge in [-0.05, 0) is 78.5 Å². The number of fused-ring (bicyclic) bond motifs is 1. The zero-order valence-corrected chi connectivity index (χ0v) is 28.5. The quantitative estimate of drug-likeness (QED) is 0.175. The van der Waals surface area contributed by atoms with Gasteiger partial charge in [0.15, 0.2) is 0 Å². The maximum Gasteiger partial charge on any atom is 0.345 e. The number of carbonyl (C=O) groups excluding carboxylic acids is 4. The van der Waals surface area contributed by atoms with E-state index < -0.39 is 23.0 Å². The third-order valence-electron chi connectivity index (χ3n) is 8.18. The van der Waals surface area contributed by atoms with Gasteiger partial charge in [0.1, 0.15) is 24.5 Å². The van der Waals surface area contributed by atoms with Crippen LogP contribution in [0.5, 0.6) is 5.75 Å². The molecule has 0 aromatic heterocycles. The van der Waals surface area contributed by atoms with Crippen molar-refractivity contribution >= 4 is 40.6 Å². The van der Waals surface area contributed by atoms with Crippen LogP contribution in [0.2, 0.25) is 0 Å². The van der Waals surface area contributed by atoms with E-state index in [4.69, 9.17) is 14.2 Å². The first-order valence-electron chi connectivity index (χ1n) is 15.6. The Bertz CT molecular complexity index is 1470. The molecule has 2 heterocycles. The Morgan fingerprint density at radius 1 is 0.739 bits per heavy atom. The SMILES string of the molecule is COc1ccc(C=C(C(=O)OCCN2CC(C)(C)NC(C)(C)C2=O)C(=O)OCCN2CC(C)(C)NC(C)(C)C2=O)c2ccccc12. The molecule has 11 heteroatoms. The number of rotatable bonds is 10. The van der Waals surface area contributed by atoms with Gasteiger partial charge >= 0.3 is 11.9 Å². The topological polar surface area (TPSA) is 127 Å². The Morgan fingerprint density at radius 2 is 1.20 bits per heavy atom. The molecule has 250 valence electrons. The van der Waals surface area contributed by atoms with Crippen molar-refractivity contribution in [2.24, 2.45) is 0 Å². The molecule has 46 heavy (non-hydrogen) atoms. The lowest BCUT2D eigenvalue weighted by molar-refractivity contribution is -0.152. The largest absolute Gasteiger partial charge is 0.496 e. The summed E-state index contributed by atoms with van der Waals surface area (Å²) in [5.74, 6) is -1.29. The number of methoxy groups -OCH3 is 1. The van der Waals surface area contributed by atoms with Crippen LogP contribution in [0, 0.1) is 0 Å². The lowest BCUT2D eigenvalue weighted by Crippen LogP contribution is -2.69. The molecule has 0 bridgehead atoms. The highest BCUT2D eigenvalue weighted by Gasteiger charge is 2.44. The third kappa shape index (κ3) is 7.87. The molecular weight excluding hydrogens is 588 g/mol. The Kier molecular flexibility index (Phi) is 9.89. The van der Waals surface area contributed by atoms with Crippen molar-refractivity contribution in [3.63, 3.8) is 0 Å². The van der Waals surface area contributed by atoms with E-state index in [1.165, 1.54) is 6.08 Å². The second-order valence-corrected chi connectivity index (χ2v) is 14.5. The monoisotopic (exact) mass is 636 g/mol. The van der Waals surface area contributed by atoms with Gasteiger partial charge in [0.25, 0.3) is 0 Å². The molecule has 0 aliphatic carbocycles. The fourth-order valence-electron chi connectivity index (χ4n) is 6.74. The molecule has 2 fully saturated rings. The number of nitrogens with zero attached hydrogens (tertiary/aromatic N) is 2. The molecule has 2 aliphatic rings. The van der Waals surface area contributed by atoms with Crippen LogP contribution < -0.4 is 15.4 Å². The van der Waals surface area contributed by atoms with E-state index in [2.05, 4.69) is 10.6 Å². The van der Waals surface area contributed by atoms with E-state index in [0.29, 0.717) is 24.4 Å². The molecule has 4 rings (SSSR count). The second-order valence-electron chi connectivity index (χ2n) is 14.5. The van der Waals surface area contributed by atoms with Crippen LogP contribution in [0.25, 0.3) is 16.8 Å². The fourth-order valence-corrected chi connectivity index (χ4v) is 6.74. The van der Waals surface area contributed by atoms with E-state index in [1.807, 2.05) is 79.7 Å². The summed E-state index contributed by atoms with van der Waals surface area (Å²) in [5, 5.41) is 8.27. The highest BCUT2D eigenvalue weighted by atomic mass is 16.6. The smallest absolute Gasteiger partial charge is 0.345 e. The van der Waals surface area contributed by atoms with Crippen LogP contribution in [0.4, 0.5) is 0 Å². The van der Waals surface area contributed by atoms with Crippen LogP contribution in [0.1, 0.15) is 61.0 Å². The molecule has 0 spiro atoms. The number of benzene rings is 2. The van der Waals surface area contributed by atoms with E-state index in [-0.39, 0.29) is 54.8 Å². The van der Waals surface area contributed by atoms with Gasteiger partial charge < -0.3 is 24.0 Å². The molecular formula is C35H48N4O7. The standard InChI is InChI=1S/C35H48N4O7/c1-32(2)21-38(30(42)34(5,6)36-32)16-18-45-28(40)26(20-23-14-15-27(44-9)25-13-11-10-12-24(23)25)29(41)46-19-17-39-22-33(3,4)37-35(7,8)31(39)43/h10-15,20,36-37H,16-19,21-22H2,1-9H3. The highest BCUT2D eigenvalue weighted by Crippen LogP contribution is 2.30. The molecule has 11 nitrogen and oxygen atoms in total. The first kappa shape index (κ1) is 34.9. The van der Waals surface area contributed by atoms with Crippen molar-refractivity contribution in [2.75, 3.05) is 46.5 Å². The summed E-state index contributed by atoms with van der Waals surface area (Å²) in [7, 11) is 1.58. The third-order valence-corrected chi connectivity index (χ3v) is 8.18. The van der Waals surface area contributed by atoms with Gasteiger partial charge in [-0.1, -0.05) is 30.3 Å².